The molecule has 0 saturated heterocycles. The van der Waals surface area contributed by atoms with Gasteiger partial charge in [-0.05, 0) is 24.3 Å². The van der Waals surface area contributed by atoms with Crippen LogP contribution in [0.2, 0.25) is 0 Å². The van der Waals surface area contributed by atoms with Crippen LogP contribution >= 0.6 is 15.9 Å². The standard InChI is InChI=1S/C12H8BrF3N2O/c13-8-2-1-3-9(6-8)19-11-5-7(12(14,15)16)4-10(17)18-11/h1-6H,(H2,17,18). The van der Waals surface area contributed by atoms with Crippen LogP contribution in [0.3, 0.4) is 0 Å². The lowest BCUT2D eigenvalue weighted by atomic mass is 10.2. The van der Waals surface area contributed by atoms with Gasteiger partial charge >= 0.3 is 6.18 Å². The Balaban J connectivity index is 2.33. The molecule has 0 amide bonds. The summed E-state index contributed by atoms with van der Waals surface area (Å²) in [5.74, 6) is -0.0918. The van der Waals surface area contributed by atoms with E-state index in [2.05, 4.69) is 20.9 Å². The molecule has 1 aromatic heterocycles. The first-order valence-electron chi connectivity index (χ1n) is 5.13. The third-order valence-electron chi connectivity index (χ3n) is 2.17. The third kappa shape index (κ3) is 3.60. The second-order valence-corrected chi connectivity index (χ2v) is 4.59. The number of halogens is 4. The number of hydrogen-bond acceptors (Lipinski definition) is 3. The maximum atomic E-state index is 12.6. The number of nitrogens with two attached hydrogens (primary N) is 1. The first kappa shape index (κ1) is 13.7. The largest absolute Gasteiger partial charge is 0.439 e. The van der Waals surface area contributed by atoms with Crippen LogP contribution in [0.4, 0.5) is 19.0 Å². The van der Waals surface area contributed by atoms with Crippen molar-refractivity contribution < 1.29 is 17.9 Å². The van der Waals surface area contributed by atoms with Gasteiger partial charge in [0.05, 0.1) is 5.56 Å². The Morgan fingerprint density at radius 2 is 1.89 bits per heavy atom. The highest BCUT2D eigenvalue weighted by molar-refractivity contribution is 9.10. The van der Waals surface area contributed by atoms with Gasteiger partial charge in [0.2, 0.25) is 5.88 Å². The van der Waals surface area contributed by atoms with Gasteiger partial charge in [0.25, 0.3) is 0 Å². The zero-order chi connectivity index (χ0) is 14.0. The number of alkyl halides is 3. The predicted octanol–water partition coefficient (Wildman–Crippen LogP) is 4.24. The van der Waals surface area contributed by atoms with Gasteiger partial charge in [0, 0.05) is 10.5 Å². The summed E-state index contributed by atoms with van der Waals surface area (Å²) in [5, 5.41) is 0. The Morgan fingerprint density at radius 3 is 2.53 bits per heavy atom. The highest BCUT2D eigenvalue weighted by atomic mass is 79.9. The minimum Gasteiger partial charge on any atom is -0.439 e. The van der Waals surface area contributed by atoms with Crippen molar-refractivity contribution >= 4 is 21.7 Å². The molecule has 0 aliphatic carbocycles. The van der Waals surface area contributed by atoms with E-state index < -0.39 is 11.7 Å². The van der Waals surface area contributed by atoms with E-state index in [1.165, 1.54) is 0 Å². The zero-order valence-corrected chi connectivity index (χ0v) is 11.0. The Morgan fingerprint density at radius 1 is 1.16 bits per heavy atom. The van der Waals surface area contributed by atoms with Gasteiger partial charge in [0.15, 0.2) is 0 Å². The SMILES string of the molecule is Nc1cc(C(F)(F)F)cc(Oc2cccc(Br)c2)n1. The van der Waals surface area contributed by atoms with Gasteiger partial charge in [-0.25, -0.2) is 0 Å². The van der Waals surface area contributed by atoms with Crippen LogP contribution < -0.4 is 10.5 Å². The number of anilines is 1. The Kier molecular flexibility index (Phi) is 3.66. The molecular weight excluding hydrogens is 325 g/mol. The number of nitrogen functional groups attached to an aromatic ring is 1. The number of benzene rings is 1. The van der Waals surface area contributed by atoms with Crippen LogP contribution in [-0.4, -0.2) is 4.98 Å². The van der Waals surface area contributed by atoms with Crippen molar-refractivity contribution in [2.45, 2.75) is 6.18 Å². The van der Waals surface area contributed by atoms with Crippen molar-refractivity contribution in [1.82, 2.24) is 4.98 Å². The van der Waals surface area contributed by atoms with E-state index >= 15 is 0 Å². The molecule has 2 aromatic rings. The average molecular weight is 333 g/mol. The van der Waals surface area contributed by atoms with Gasteiger partial charge in [-0.1, -0.05) is 22.0 Å². The van der Waals surface area contributed by atoms with E-state index in [0.29, 0.717) is 5.75 Å². The molecule has 0 atom stereocenters. The van der Waals surface area contributed by atoms with Gasteiger partial charge in [0.1, 0.15) is 11.6 Å². The molecule has 0 aliphatic heterocycles. The monoisotopic (exact) mass is 332 g/mol. The number of pyridine rings is 1. The molecule has 0 saturated carbocycles. The van der Waals surface area contributed by atoms with E-state index in [1.807, 2.05) is 0 Å². The van der Waals surface area contributed by atoms with Crippen LogP contribution in [0, 0.1) is 0 Å². The number of hydrogen-bond donors (Lipinski definition) is 1. The van der Waals surface area contributed by atoms with Gasteiger partial charge in [-0.2, -0.15) is 18.2 Å². The van der Waals surface area contributed by atoms with Crippen molar-refractivity contribution in [2.75, 3.05) is 5.73 Å². The Hall–Kier alpha value is -1.76. The second-order valence-electron chi connectivity index (χ2n) is 3.68. The molecular formula is C12H8BrF3N2O. The fourth-order valence-electron chi connectivity index (χ4n) is 1.39. The topological polar surface area (TPSA) is 48.1 Å². The summed E-state index contributed by atoms with van der Waals surface area (Å²) in [6.07, 6.45) is -4.49. The maximum Gasteiger partial charge on any atom is 0.416 e. The summed E-state index contributed by atoms with van der Waals surface area (Å²) in [7, 11) is 0. The molecule has 1 heterocycles. The molecule has 0 aliphatic rings. The summed E-state index contributed by atoms with van der Waals surface area (Å²) in [6, 6.07) is 8.23. The molecule has 1 aromatic carbocycles. The van der Waals surface area contributed by atoms with E-state index in [0.717, 1.165) is 16.6 Å². The van der Waals surface area contributed by atoms with Crippen LogP contribution in [0.1, 0.15) is 5.56 Å². The number of rotatable bonds is 2. The lowest BCUT2D eigenvalue weighted by Gasteiger charge is -2.10. The van der Waals surface area contributed by atoms with E-state index in [9.17, 15) is 13.2 Å². The molecule has 0 bridgehead atoms. The molecule has 0 radical (unpaired) electrons. The Bertz CT molecular complexity index is 602. The Labute approximate surface area is 115 Å². The van der Waals surface area contributed by atoms with E-state index in [1.54, 1.807) is 24.3 Å². The molecule has 3 nitrogen and oxygen atoms in total. The van der Waals surface area contributed by atoms with Gasteiger partial charge in [-0.3, -0.25) is 0 Å². The lowest BCUT2D eigenvalue weighted by Crippen LogP contribution is -2.07. The zero-order valence-electron chi connectivity index (χ0n) is 9.41. The number of aromatic nitrogens is 1. The van der Waals surface area contributed by atoms with Crippen LogP contribution in [0.25, 0.3) is 0 Å². The summed E-state index contributed by atoms with van der Waals surface area (Å²) >= 11 is 3.23. The highest BCUT2D eigenvalue weighted by Crippen LogP contribution is 2.33. The molecule has 2 N–H and O–H groups in total. The summed E-state index contributed by atoms with van der Waals surface area (Å²) in [5.41, 5.74) is 4.44. The molecule has 2 rings (SSSR count). The summed E-state index contributed by atoms with van der Waals surface area (Å²) < 4.78 is 43.8. The quantitative estimate of drug-likeness (QED) is 0.894. The van der Waals surface area contributed by atoms with Crippen LogP contribution in [0.5, 0.6) is 11.6 Å². The summed E-state index contributed by atoms with van der Waals surface area (Å²) in [6.45, 7) is 0. The average Bonchev–Trinajstić information content (AvgIpc) is 2.26. The normalized spacial score (nSPS) is 11.4. The fraction of sp³-hybridized carbons (Fsp3) is 0.0833. The first-order valence-corrected chi connectivity index (χ1v) is 5.92. The predicted molar refractivity (Wildman–Crippen MR) is 67.9 cm³/mol. The second kappa shape index (κ2) is 5.08. The van der Waals surface area contributed by atoms with E-state index in [-0.39, 0.29) is 11.7 Å². The van der Waals surface area contributed by atoms with Gasteiger partial charge < -0.3 is 10.5 Å². The van der Waals surface area contributed by atoms with Crippen molar-refractivity contribution in [2.24, 2.45) is 0 Å². The molecule has 100 valence electrons. The van der Waals surface area contributed by atoms with Crippen LogP contribution in [-0.2, 0) is 6.18 Å². The third-order valence-corrected chi connectivity index (χ3v) is 2.66. The summed E-state index contributed by atoms with van der Waals surface area (Å²) in [4.78, 5) is 3.71. The maximum absolute atomic E-state index is 12.6. The molecule has 0 unspecified atom stereocenters. The van der Waals surface area contributed by atoms with Crippen molar-refractivity contribution in [1.29, 1.82) is 0 Å². The van der Waals surface area contributed by atoms with Crippen LogP contribution in [0.15, 0.2) is 40.9 Å². The molecule has 7 heteroatoms. The smallest absolute Gasteiger partial charge is 0.416 e. The lowest BCUT2D eigenvalue weighted by molar-refractivity contribution is -0.137. The van der Waals surface area contributed by atoms with E-state index in [4.69, 9.17) is 10.5 Å². The van der Waals surface area contributed by atoms with Crippen molar-refractivity contribution in [3.8, 4) is 11.6 Å². The molecule has 0 spiro atoms. The minimum atomic E-state index is -4.49. The molecule has 0 fully saturated rings. The highest BCUT2D eigenvalue weighted by Gasteiger charge is 2.31. The number of nitrogens with zero attached hydrogens (tertiary/aromatic N) is 1. The van der Waals surface area contributed by atoms with Gasteiger partial charge in [-0.15, -0.1) is 0 Å². The van der Waals surface area contributed by atoms with Crippen molar-refractivity contribution in [3.63, 3.8) is 0 Å². The van der Waals surface area contributed by atoms with Crippen molar-refractivity contribution in [3.05, 3.63) is 46.4 Å². The minimum absolute atomic E-state index is 0.203. The molecule has 19 heavy (non-hydrogen) atoms. The first-order chi connectivity index (χ1) is 8.84. The number of ether oxygens (including phenoxy) is 1. The fourth-order valence-corrected chi connectivity index (χ4v) is 1.77.